The first-order valence-corrected chi connectivity index (χ1v) is 12.2. The second-order valence-electron chi connectivity index (χ2n) is 9.70. The Labute approximate surface area is 201 Å². The summed E-state index contributed by atoms with van der Waals surface area (Å²) in [5.41, 5.74) is 1.46. The van der Waals surface area contributed by atoms with Gasteiger partial charge in [0.25, 0.3) is 5.56 Å². The van der Waals surface area contributed by atoms with Crippen LogP contribution in [0, 0.1) is 11.8 Å². The fraction of sp³-hybridized carbons (Fsp3) is 0.560. The molecule has 0 spiro atoms. The highest BCUT2D eigenvalue weighted by molar-refractivity contribution is 5.81. The van der Waals surface area contributed by atoms with Crippen LogP contribution in [0.4, 0.5) is 13.2 Å². The number of carbonyl (C=O) groups is 1. The molecule has 1 N–H and O–H groups in total. The van der Waals surface area contributed by atoms with Gasteiger partial charge < -0.3 is 14.6 Å². The van der Waals surface area contributed by atoms with Crippen molar-refractivity contribution < 1.29 is 23.1 Å². The second-order valence-corrected chi connectivity index (χ2v) is 9.70. The van der Waals surface area contributed by atoms with Gasteiger partial charge >= 0.3 is 6.18 Å². The van der Waals surface area contributed by atoms with Crippen LogP contribution in [0.3, 0.4) is 0 Å². The van der Waals surface area contributed by atoms with Gasteiger partial charge in [-0.15, -0.1) is 0 Å². The van der Waals surface area contributed by atoms with E-state index in [0.717, 1.165) is 19.3 Å². The Balaban J connectivity index is 1.58. The first-order chi connectivity index (χ1) is 16.8. The molecule has 4 atom stereocenters. The van der Waals surface area contributed by atoms with E-state index in [2.05, 4.69) is 4.98 Å². The number of carbonyl (C=O) groups excluding carboxylic acids is 1. The van der Waals surface area contributed by atoms with E-state index in [0.29, 0.717) is 29.9 Å². The van der Waals surface area contributed by atoms with Gasteiger partial charge in [0.05, 0.1) is 18.4 Å². The number of pyridine rings is 2. The molecule has 2 saturated heterocycles. The number of rotatable bonds is 5. The molecule has 0 saturated carbocycles. The quantitative estimate of drug-likeness (QED) is 0.698. The predicted molar refractivity (Wildman–Crippen MR) is 122 cm³/mol. The summed E-state index contributed by atoms with van der Waals surface area (Å²) in [5.74, 6) is -1.38. The van der Waals surface area contributed by atoms with Gasteiger partial charge in [0, 0.05) is 68.4 Å². The number of halogens is 3. The van der Waals surface area contributed by atoms with Gasteiger partial charge in [-0.3, -0.25) is 19.5 Å². The van der Waals surface area contributed by atoms with Crippen LogP contribution in [0.25, 0.3) is 11.1 Å². The molecule has 0 unspecified atom stereocenters. The number of hydrogen-bond acceptors (Lipinski definition) is 5. The molecule has 0 radical (unpaired) electrons. The number of likely N-dealkylation sites (tertiary alicyclic amines) is 1. The van der Waals surface area contributed by atoms with Crippen molar-refractivity contribution in [1.29, 1.82) is 0 Å². The summed E-state index contributed by atoms with van der Waals surface area (Å²) in [5, 5.41) is 10.3. The molecule has 3 aliphatic rings. The van der Waals surface area contributed by atoms with Crippen molar-refractivity contribution in [2.75, 3.05) is 26.2 Å². The van der Waals surface area contributed by atoms with Crippen molar-refractivity contribution in [1.82, 2.24) is 19.4 Å². The molecule has 0 aliphatic carbocycles. The number of piperidine rings is 1. The molecule has 10 heteroatoms. The standard InChI is InChI=1S/C25H29F3N4O3/c26-25(27,28)8-13-31-20-14-32-19(5-4-17(23(32)34)16-6-9-29-10-7-16)22(31)21(18(20)15-33)24(35)30-11-2-1-3-12-30/h4-7,9-10,18,20-22,33H,1-3,8,11-15H2/t18-,20-,21+,22+/m1/s1. The van der Waals surface area contributed by atoms with Crippen molar-refractivity contribution in [3.05, 3.63) is 52.7 Å². The van der Waals surface area contributed by atoms with E-state index in [-0.39, 0.29) is 31.2 Å². The zero-order chi connectivity index (χ0) is 24.7. The third kappa shape index (κ3) is 4.38. The molecule has 5 heterocycles. The number of fused-ring (bicyclic) bond motifs is 4. The largest absolute Gasteiger partial charge is 0.396 e. The molecule has 7 nitrogen and oxygen atoms in total. The van der Waals surface area contributed by atoms with E-state index in [9.17, 15) is 27.9 Å². The lowest BCUT2D eigenvalue weighted by Crippen LogP contribution is -2.47. The van der Waals surface area contributed by atoms with E-state index in [4.69, 9.17) is 0 Å². The molecule has 188 valence electrons. The summed E-state index contributed by atoms with van der Waals surface area (Å²) >= 11 is 0. The fourth-order valence-corrected chi connectivity index (χ4v) is 6.14. The molecule has 2 aromatic rings. The van der Waals surface area contributed by atoms with E-state index in [1.807, 2.05) is 0 Å². The summed E-state index contributed by atoms with van der Waals surface area (Å²) in [7, 11) is 0. The van der Waals surface area contributed by atoms with Crippen LogP contribution in [0.5, 0.6) is 0 Å². The molecule has 2 aromatic heterocycles. The van der Waals surface area contributed by atoms with Crippen LogP contribution in [0.2, 0.25) is 0 Å². The monoisotopic (exact) mass is 490 g/mol. The number of hydrogen-bond donors (Lipinski definition) is 1. The molecule has 3 aliphatic heterocycles. The first kappa shape index (κ1) is 24.0. The smallest absolute Gasteiger partial charge is 0.390 e. The number of alkyl halides is 3. The maximum atomic E-state index is 13.7. The highest BCUT2D eigenvalue weighted by Crippen LogP contribution is 2.49. The summed E-state index contributed by atoms with van der Waals surface area (Å²) in [6.07, 6.45) is 0.647. The fourth-order valence-electron chi connectivity index (χ4n) is 6.14. The Hall–Kier alpha value is -2.72. The highest BCUT2D eigenvalue weighted by Gasteiger charge is 2.56. The third-order valence-electron chi connectivity index (χ3n) is 7.77. The van der Waals surface area contributed by atoms with E-state index >= 15 is 0 Å². The topological polar surface area (TPSA) is 78.7 Å². The predicted octanol–water partition coefficient (Wildman–Crippen LogP) is 2.84. The normalized spacial score (nSPS) is 26.6. The van der Waals surface area contributed by atoms with Crippen molar-refractivity contribution in [3.63, 3.8) is 0 Å². The Kier molecular flexibility index (Phi) is 6.43. The molecule has 1 amide bonds. The van der Waals surface area contributed by atoms with Crippen LogP contribution < -0.4 is 5.56 Å². The van der Waals surface area contributed by atoms with Crippen LogP contribution in [0.1, 0.15) is 37.4 Å². The maximum Gasteiger partial charge on any atom is 0.390 e. The van der Waals surface area contributed by atoms with Crippen LogP contribution in [0.15, 0.2) is 41.5 Å². The number of amides is 1. The average Bonchev–Trinajstić information content (AvgIpc) is 3.08. The number of aromatic nitrogens is 2. The first-order valence-electron chi connectivity index (χ1n) is 12.2. The lowest BCUT2D eigenvalue weighted by Gasteiger charge is -2.39. The zero-order valence-corrected chi connectivity index (χ0v) is 19.3. The van der Waals surface area contributed by atoms with Crippen LogP contribution in [-0.4, -0.2) is 68.8 Å². The second kappa shape index (κ2) is 9.39. The zero-order valence-electron chi connectivity index (χ0n) is 19.3. The summed E-state index contributed by atoms with van der Waals surface area (Å²) in [6.45, 7) is 0.756. The molecule has 2 bridgehead atoms. The SMILES string of the molecule is O=C([C@H]1[C@H](CO)[C@H]2Cn3c(ccc(-c4ccncc4)c3=O)[C@@H]1N2CCC(F)(F)F)N1CCCCC1. The van der Waals surface area contributed by atoms with E-state index < -0.39 is 36.5 Å². The van der Waals surface area contributed by atoms with Crippen molar-refractivity contribution >= 4 is 5.91 Å². The average molecular weight is 491 g/mol. The van der Waals surface area contributed by atoms with Crippen LogP contribution >= 0.6 is 0 Å². The molecule has 0 aromatic carbocycles. The Morgan fingerprint density at radius 3 is 2.46 bits per heavy atom. The highest BCUT2D eigenvalue weighted by atomic mass is 19.4. The maximum absolute atomic E-state index is 13.7. The van der Waals surface area contributed by atoms with E-state index in [1.165, 1.54) is 0 Å². The molecule has 2 fully saturated rings. The molecular formula is C25H29F3N4O3. The van der Waals surface area contributed by atoms with Gasteiger partial charge in [-0.25, -0.2) is 0 Å². The lowest BCUT2D eigenvalue weighted by molar-refractivity contribution is -0.141. The Morgan fingerprint density at radius 2 is 1.80 bits per heavy atom. The van der Waals surface area contributed by atoms with Gasteiger partial charge in [-0.1, -0.05) is 0 Å². The van der Waals surface area contributed by atoms with Crippen molar-refractivity contribution in [3.8, 4) is 11.1 Å². The summed E-state index contributed by atoms with van der Waals surface area (Å²) in [6, 6.07) is 5.67. The Morgan fingerprint density at radius 1 is 1.09 bits per heavy atom. The van der Waals surface area contributed by atoms with Gasteiger partial charge in [-0.2, -0.15) is 13.2 Å². The van der Waals surface area contributed by atoms with Gasteiger partial charge in [0.15, 0.2) is 0 Å². The van der Waals surface area contributed by atoms with Gasteiger partial charge in [0.2, 0.25) is 5.91 Å². The third-order valence-corrected chi connectivity index (χ3v) is 7.77. The number of aliphatic hydroxyl groups excluding tert-OH is 1. The summed E-state index contributed by atoms with van der Waals surface area (Å²) < 4.78 is 41.2. The number of nitrogens with zero attached hydrogens (tertiary/aromatic N) is 4. The molecule has 5 rings (SSSR count). The van der Waals surface area contributed by atoms with Crippen molar-refractivity contribution in [2.45, 2.75) is 50.5 Å². The molecular weight excluding hydrogens is 461 g/mol. The van der Waals surface area contributed by atoms with Gasteiger partial charge in [0.1, 0.15) is 0 Å². The number of aliphatic hydroxyl groups is 1. The minimum Gasteiger partial charge on any atom is -0.396 e. The Bertz CT molecular complexity index is 1130. The van der Waals surface area contributed by atoms with Crippen molar-refractivity contribution in [2.24, 2.45) is 11.8 Å². The van der Waals surface area contributed by atoms with Gasteiger partial charge in [-0.05, 0) is 49.1 Å². The van der Waals surface area contributed by atoms with Crippen LogP contribution in [-0.2, 0) is 11.3 Å². The minimum atomic E-state index is -4.34. The lowest BCUT2D eigenvalue weighted by atomic mass is 9.85. The minimum absolute atomic E-state index is 0.132. The summed E-state index contributed by atoms with van der Waals surface area (Å²) in [4.78, 5) is 34.7. The van der Waals surface area contributed by atoms with E-state index in [1.54, 1.807) is 51.0 Å². The molecule has 35 heavy (non-hydrogen) atoms.